The lowest BCUT2D eigenvalue weighted by atomic mass is 9.98. The summed E-state index contributed by atoms with van der Waals surface area (Å²) in [5, 5.41) is 0. The van der Waals surface area contributed by atoms with Gasteiger partial charge in [-0.25, -0.2) is 4.98 Å². The Bertz CT molecular complexity index is 357. The Kier molecular flexibility index (Phi) is 4.74. The van der Waals surface area contributed by atoms with E-state index < -0.39 is 0 Å². The summed E-state index contributed by atoms with van der Waals surface area (Å²) in [5.41, 5.74) is 6.91. The minimum Gasteiger partial charge on any atom is -0.350 e. The molecule has 1 unspecified atom stereocenters. The molecule has 0 aliphatic heterocycles. The lowest BCUT2D eigenvalue weighted by Gasteiger charge is -2.27. The van der Waals surface area contributed by atoms with Crippen molar-refractivity contribution in [2.75, 3.05) is 20.8 Å². The summed E-state index contributed by atoms with van der Waals surface area (Å²) in [6.07, 6.45) is 8.40. The maximum Gasteiger partial charge on any atom is 0.200 e. The highest BCUT2D eigenvalue weighted by Gasteiger charge is 2.28. The average molecular weight is 253 g/mol. The van der Waals surface area contributed by atoms with Gasteiger partial charge in [-0.15, -0.1) is 0 Å². The zero-order valence-electron chi connectivity index (χ0n) is 11.2. The number of methoxy groups -OCH3 is 2. The van der Waals surface area contributed by atoms with Crippen LogP contribution in [-0.4, -0.2) is 30.3 Å². The minimum absolute atomic E-state index is 0.304. The number of hydrogen-bond donors (Lipinski definition) is 1. The fourth-order valence-electron chi connectivity index (χ4n) is 2.99. The van der Waals surface area contributed by atoms with Crippen LogP contribution in [0.15, 0.2) is 12.5 Å². The van der Waals surface area contributed by atoms with Crippen molar-refractivity contribution in [2.45, 2.75) is 38.0 Å². The number of imidazole rings is 1. The summed E-state index contributed by atoms with van der Waals surface area (Å²) in [6, 6.07) is 0.304. The van der Waals surface area contributed by atoms with Crippen LogP contribution in [0, 0.1) is 5.92 Å². The van der Waals surface area contributed by atoms with E-state index in [9.17, 15) is 0 Å². The molecule has 1 heterocycles. The van der Waals surface area contributed by atoms with Gasteiger partial charge in [-0.1, -0.05) is 12.8 Å². The van der Waals surface area contributed by atoms with Gasteiger partial charge < -0.3 is 19.8 Å². The Morgan fingerprint density at radius 2 is 2.06 bits per heavy atom. The van der Waals surface area contributed by atoms with Gasteiger partial charge in [0.05, 0.1) is 24.3 Å². The fraction of sp³-hybridized carbons (Fsp3) is 0.769. The molecule has 2 rings (SSSR count). The number of ether oxygens (including phenoxy) is 2. The average Bonchev–Trinajstić information content (AvgIpc) is 3.04. The Morgan fingerprint density at radius 3 is 2.61 bits per heavy atom. The van der Waals surface area contributed by atoms with E-state index in [2.05, 4.69) is 9.55 Å². The number of nitrogens with zero attached hydrogens (tertiary/aromatic N) is 2. The Balaban J connectivity index is 2.22. The number of rotatable bonds is 6. The molecular weight excluding hydrogens is 230 g/mol. The zero-order chi connectivity index (χ0) is 13.0. The molecule has 102 valence electrons. The zero-order valence-corrected chi connectivity index (χ0v) is 11.2. The van der Waals surface area contributed by atoms with Crippen molar-refractivity contribution in [1.82, 2.24) is 9.55 Å². The van der Waals surface area contributed by atoms with E-state index in [1.165, 1.54) is 25.7 Å². The first-order valence-corrected chi connectivity index (χ1v) is 6.59. The van der Waals surface area contributed by atoms with Crippen molar-refractivity contribution < 1.29 is 9.47 Å². The van der Waals surface area contributed by atoms with E-state index in [1.54, 1.807) is 20.4 Å². The molecule has 5 heteroatoms. The molecule has 1 saturated carbocycles. The molecule has 1 atom stereocenters. The van der Waals surface area contributed by atoms with Gasteiger partial charge in [0.25, 0.3) is 0 Å². The first-order valence-electron chi connectivity index (χ1n) is 6.59. The number of nitrogens with two attached hydrogens (primary N) is 1. The second-order valence-corrected chi connectivity index (χ2v) is 4.88. The molecular formula is C13H23N3O2. The van der Waals surface area contributed by atoms with E-state index in [0.29, 0.717) is 18.5 Å². The SMILES string of the molecule is COC(OC)c1cncn1C(CN)C1CCCC1. The van der Waals surface area contributed by atoms with Crippen LogP contribution >= 0.6 is 0 Å². The van der Waals surface area contributed by atoms with Crippen molar-refractivity contribution in [3.63, 3.8) is 0 Å². The maximum absolute atomic E-state index is 5.97. The smallest absolute Gasteiger partial charge is 0.200 e. The van der Waals surface area contributed by atoms with Crippen molar-refractivity contribution in [3.8, 4) is 0 Å². The molecule has 0 bridgehead atoms. The number of aromatic nitrogens is 2. The Morgan fingerprint density at radius 1 is 1.39 bits per heavy atom. The van der Waals surface area contributed by atoms with Crippen LogP contribution in [0.5, 0.6) is 0 Å². The molecule has 0 spiro atoms. The normalized spacial score (nSPS) is 18.7. The topological polar surface area (TPSA) is 62.3 Å². The Hall–Kier alpha value is -0.910. The third kappa shape index (κ3) is 2.58. The van der Waals surface area contributed by atoms with Crippen molar-refractivity contribution in [2.24, 2.45) is 11.7 Å². The first-order chi connectivity index (χ1) is 8.81. The number of hydrogen-bond acceptors (Lipinski definition) is 4. The van der Waals surface area contributed by atoms with E-state index in [1.807, 2.05) is 6.33 Å². The molecule has 1 aromatic rings. The summed E-state index contributed by atoms with van der Waals surface area (Å²) < 4.78 is 12.8. The van der Waals surface area contributed by atoms with Gasteiger partial charge in [-0.05, 0) is 18.8 Å². The monoisotopic (exact) mass is 253 g/mol. The quantitative estimate of drug-likeness (QED) is 0.786. The van der Waals surface area contributed by atoms with Crippen LogP contribution in [-0.2, 0) is 9.47 Å². The fourth-order valence-corrected chi connectivity index (χ4v) is 2.99. The van der Waals surface area contributed by atoms with Gasteiger partial charge >= 0.3 is 0 Å². The van der Waals surface area contributed by atoms with Crippen molar-refractivity contribution >= 4 is 0 Å². The third-order valence-corrected chi connectivity index (χ3v) is 3.91. The highest BCUT2D eigenvalue weighted by Crippen LogP contribution is 2.35. The molecule has 0 radical (unpaired) electrons. The summed E-state index contributed by atoms with van der Waals surface area (Å²) in [4.78, 5) is 4.23. The molecule has 0 aromatic carbocycles. The van der Waals surface area contributed by atoms with E-state index in [4.69, 9.17) is 15.2 Å². The van der Waals surface area contributed by atoms with Crippen LogP contribution in [0.4, 0.5) is 0 Å². The molecule has 1 aromatic heterocycles. The van der Waals surface area contributed by atoms with Gasteiger partial charge in [0.2, 0.25) is 0 Å². The second kappa shape index (κ2) is 6.31. The maximum atomic E-state index is 5.97. The molecule has 0 saturated heterocycles. The van der Waals surface area contributed by atoms with Crippen molar-refractivity contribution in [3.05, 3.63) is 18.2 Å². The van der Waals surface area contributed by atoms with E-state index >= 15 is 0 Å². The second-order valence-electron chi connectivity index (χ2n) is 4.88. The van der Waals surface area contributed by atoms with E-state index in [0.717, 1.165) is 5.69 Å². The van der Waals surface area contributed by atoms with Crippen LogP contribution in [0.1, 0.15) is 43.7 Å². The third-order valence-electron chi connectivity index (χ3n) is 3.91. The van der Waals surface area contributed by atoms with Crippen molar-refractivity contribution in [1.29, 1.82) is 0 Å². The van der Waals surface area contributed by atoms with Crippen LogP contribution in [0.3, 0.4) is 0 Å². The molecule has 5 nitrogen and oxygen atoms in total. The molecule has 1 aliphatic carbocycles. The lowest BCUT2D eigenvalue weighted by Crippen LogP contribution is -2.27. The van der Waals surface area contributed by atoms with Crippen LogP contribution in [0.2, 0.25) is 0 Å². The molecule has 18 heavy (non-hydrogen) atoms. The van der Waals surface area contributed by atoms with E-state index in [-0.39, 0.29) is 6.29 Å². The van der Waals surface area contributed by atoms with Gasteiger partial charge in [-0.2, -0.15) is 0 Å². The van der Waals surface area contributed by atoms with Crippen LogP contribution in [0.25, 0.3) is 0 Å². The summed E-state index contributed by atoms with van der Waals surface area (Å²) in [6.45, 7) is 0.633. The first kappa shape index (κ1) is 13.5. The summed E-state index contributed by atoms with van der Waals surface area (Å²) in [7, 11) is 3.27. The predicted molar refractivity (Wildman–Crippen MR) is 69.0 cm³/mol. The highest BCUT2D eigenvalue weighted by atomic mass is 16.7. The van der Waals surface area contributed by atoms with Gasteiger partial charge in [0, 0.05) is 20.8 Å². The molecule has 1 fully saturated rings. The van der Waals surface area contributed by atoms with Gasteiger partial charge in [-0.3, -0.25) is 0 Å². The predicted octanol–water partition coefficient (Wildman–Crippen LogP) is 1.86. The molecule has 2 N–H and O–H groups in total. The highest BCUT2D eigenvalue weighted by molar-refractivity contribution is 5.04. The Labute approximate surface area is 108 Å². The van der Waals surface area contributed by atoms with Gasteiger partial charge in [0.15, 0.2) is 6.29 Å². The largest absolute Gasteiger partial charge is 0.350 e. The standard InChI is InChI=1S/C13H23N3O2/c1-17-13(18-2)12-8-15-9-16(12)11(7-14)10-5-3-4-6-10/h8-11,13H,3-7,14H2,1-2H3. The summed E-state index contributed by atoms with van der Waals surface area (Å²) in [5.74, 6) is 0.650. The minimum atomic E-state index is -0.372. The summed E-state index contributed by atoms with van der Waals surface area (Å²) >= 11 is 0. The lowest BCUT2D eigenvalue weighted by molar-refractivity contribution is -0.111. The molecule has 0 amide bonds. The van der Waals surface area contributed by atoms with Gasteiger partial charge in [0.1, 0.15) is 0 Å². The van der Waals surface area contributed by atoms with Crippen LogP contribution < -0.4 is 5.73 Å². The molecule has 1 aliphatic rings.